The summed E-state index contributed by atoms with van der Waals surface area (Å²) in [5, 5.41) is 11.7. The van der Waals surface area contributed by atoms with Crippen molar-refractivity contribution in [1.29, 1.82) is 0 Å². The number of aliphatic imine (C=N–C) groups is 1. The second kappa shape index (κ2) is 13.0. The number of esters is 1. The number of carbonyl (C=O) groups is 2. The fourth-order valence-corrected chi connectivity index (χ4v) is 5.00. The normalized spacial score (nSPS) is 14.7. The van der Waals surface area contributed by atoms with Gasteiger partial charge < -0.3 is 19.7 Å². The van der Waals surface area contributed by atoms with Gasteiger partial charge in [-0.1, -0.05) is 30.3 Å². The molecule has 0 radical (unpaired) electrons. The number of likely N-dealkylation sites (N-methyl/N-ethyl adjacent to an activating group) is 1. The number of rotatable bonds is 9. The van der Waals surface area contributed by atoms with Crippen molar-refractivity contribution in [2.24, 2.45) is 4.99 Å². The molecule has 0 spiro atoms. The number of aromatic amines is 1. The van der Waals surface area contributed by atoms with Gasteiger partial charge in [0.2, 0.25) is 0 Å². The Balaban J connectivity index is 1.36. The molecule has 0 bridgehead atoms. The van der Waals surface area contributed by atoms with E-state index in [-0.39, 0.29) is 11.8 Å². The van der Waals surface area contributed by atoms with E-state index in [2.05, 4.69) is 27.3 Å². The number of ether oxygens (including phenoxy) is 1. The first-order valence-corrected chi connectivity index (χ1v) is 13.8. The van der Waals surface area contributed by atoms with Gasteiger partial charge in [0.15, 0.2) is 5.88 Å². The van der Waals surface area contributed by atoms with E-state index in [0.29, 0.717) is 51.2 Å². The van der Waals surface area contributed by atoms with Gasteiger partial charge in [-0.15, -0.1) is 0 Å². The van der Waals surface area contributed by atoms with Crippen LogP contribution in [0.25, 0.3) is 10.9 Å². The van der Waals surface area contributed by atoms with Crippen molar-refractivity contribution >= 4 is 34.2 Å². The average Bonchev–Trinajstić information content (AvgIpc) is 3.32. The Morgan fingerprint density at radius 1 is 1.00 bits per heavy atom. The highest BCUT2D eigenvalue weighted by atomic mass is 16.7. The van der Waals surface area contributed by atoms with E-state index in [4.69, 9.17) is 14.6 Å². The topological polar surface area (TPSA) is 119 Å². The minimum absolute atomic E-state index is 0.0706. The number of nitrogens with one attached hydrogen (secondary N) is 2. The molecule has 10 nitrogen and oxygen atoms in total. The molecule has 5 rings (SSSR count). The molecule has 1 fully saturated rings. The Kier molecular flexibility index (Phi) is 8.97. The molecular formula is C32H35N5O5. The molecule has 10 heteroatoms. The minimum Gasteiger partial charge on any atom is -0.494 e. The van der Waals surface area contributed by atoms with Gasteiger partial charge in [-0.05, 0) is 55.9 Å². The van der Waals surface area contributed by atoms with Crippen LogP contribution >= 0.6 is 0 Å². The summed E-state index contributed by atoms with van der Waals surface area (Å²) in [7, 11) is 3.45. The third kappa shape index (κ3) is 6.52. The zero-order valence-corrected chi connectivity index (χ0v) is 24.0. The third-order valence-electron chi connectivity index (χ3n) is 7.45. The van der Waals surface area contributed by atoms with E-state index in [0.717, 1.165) is 38.3 Å². The zero-order valence-electron chi connectivity index (χ0n) is 24.0. The van der Waals surface area contributed by atoms with Crippen molar-refractivity contribution < 1.29 is 24.3 Å². The number of benzene rings is 3. The van der Waals surface area contributed by atoms with Crippen LogP contribution in [0.15, 0.2) is 71.7 Å². The molecule has 0 unspecified atom stereocenters. The Hall–Kier alpha value is -4.51. The lowest BCUT2D eigenvalue weighted by Crippen LogP contribution is -2.45. The molecule has 3 aromatic carbocycles. The first-order chi connectivity index (χ1) is 20.3. The number of hydrogen-bond acceptors (Lipinski definition) is 8. The SMILES string of the molecule is COC(=O)c1cc2[nH]c(O)c(C(=Nc3ccc(C(=O)NOCCN4CCN(C)CC4)cc3)c3ccccc3)c2cc1C. The molecule has 0 saturated carbocycles. The predicted molar refractivity (Wildman–Crippen MR) is 162 cm³/mol. The van der Waals surface area contributed by atoms with Gasteiger partial charge in [0.25, 0.3) is 5.91 Å². The summed E-state index contributed by atoms with van der Waals surface area (Å²) in [5.41, 5.74) is 7.09. The van der Waals surface area contributed by atoms with Crippen LogP contribution in [0.3, 0.4) is 0 Å². The highest BCUT2D eigenvalue weighted by Crippen LogP contribution is 2.33. The van der Waals surface area contributed by atoms with Gasteiger partial charge >= 0.3 is 5.97 Å². The number of fused-ring (bicyclic) bond motifs is 1. The Morgan fingerprint density at radius 2 is 1.71 bits per heavy atom. The smallest absolute Gasteiger partial charge is 0.338 e. The van der Waals surface area contributed by atoms with Crippen molar-refractivity contribution in [3.63, 3.8) is 0 Å². The van der Waals surface area contributed by atoms with E-state index in [1.807, 2.05) is 43.3 Å². The van der Waals surface area contributed by atoms with Crippen LogP contribution in [0.1, 0.15) is 37.4 Å². The summed E-state index contributed by atoms with van der Waals surface area (Å²) in [6, 6.07) is 19.9. The van der Waals surface area contributed by atoms with Crippen LogP contribution in [0.5, 0.6) is 5.88 Å². The maximum Gasteiger partial charge on any atom is 0.338 e. The van der Waals surface area contributed by atoms with Crippen LogP contribution in [0.4, 0.5) is 5.69 Å². The Bertz CT molecular complexity index is 1590. The number of H-pyrrole nitrogens is 1. The van der Waals surface area contributed by atoms with Crippen molar-refractivity contribution in [1.82, 2.24) is 20.3 Å². The fourth-order valence-electron chi connectivity index (χ4n) is 5.00. The highest BCUT2D eigenvalue weighted by Gasteiger charge is 2.21. The molecule has 1 aliphatic heterocycles. The number of carbonyl (C=O) groups excluding carboxylic acids is 2. The molecule has 218 valence electrons. The molecule has 3 N–H and O–H groups in total. The van der Waals surface area contributed by atoms with Gasteiger partial charge in [-0.2, -0.15) is 0 Å². The minimum atomic E-state index is -0.452. The second-order valence-corrected chi connectivity index (χ2v) is 10.4. The number of aryl methyl sites for hydroxylation is 1. The van der Waals surface area contributed by atoms with E-state index in [9.17, 15) is 14.7 Å². The van der Waals surface area contributed by atoms with Gasteiger partial charge in [0.1, 0.15) is 0 Å². The quantitative estimate of drug-likeness (QED) is 0.120. The van der Waals surface area contributed by atoms with Gasteiger partial charge in [0, 0.05) is 54.8 Å². The summed E-state index contributed by atoms with van der Waals surface area (Å²) in [5.74, 6) is -0.858. The van der Waals surface area contributed by atoms with Crippen molar-refractivity contribution in [2.75, 3.05) is 53.5 Å². The molecule has 0 aliphatic carbocycles. The maximum atomic E-state index is 12.6. The number of nitrogens with zero attached hydrogens (tertiary/aromatic N) is 3. The molecule has 1 aromatic heterocycles. The van der Waals surface area contributed by atoms with E-state index in [1.165, 1.54) is 7.11 Å². The second-order valence-electron chi connectivity index (χ2n) is 10.4. The molecule has 1 saturated heterocycles. The monoisotopic (exact) mass is 569 g/mol. The van der Waals surface area contributed by atoms with Gasteiger partial charge in [-0.3, -0.25) is 14.5 Å². The summed E-state index contributed by atoms with van der Waals surface area (Å²) >= 11 is 0. The zero-order chi connectivity index (χ0) is 29.6. The molecule has 42 heavy (non-hydrogen) atoms. The number of amides is 1. The van der Waals surface area contributed by atoms with Crippen LogP contribution in [0.2, 0.25) is 0 Å². The predicted octanol–water partition coefficient (Wildman–Crippen LogP) is 4.05. The molecule has 1 aliphatic rings. The highest BCUT2D eigenvalue weighted by molar-refractivity contribution is 6.22. The van der Waals surface area contributed by atoms with Gasteiger partial charge in [0.05, 0.1) is 36.2 Å². The number of hydrogen-bond donors (Lipinski definition) is 3. The lowest BCUT2D eigenvalue weighted by Gasteiger charge is -2.32. The van der Waals surface area contributed by atoms with Gasteiger partial charge in [-0.25, -0.2) is 15.3 Å². The van der Waals surface area contributed by atoms with Crippen molar-refractivity contribution in [3.8, 4) is 5.88 Å². The average molecular weight is 570 g/mol. The Morgan fingerprint density at radius 3 is 2.40 bits per heavy atom. The van der Waals surface area contributed by atoms with Crippen molar-refractivity contribution in [2.45, 2.75) is 6.92 Å². The Labute approximate surface area is 244 Å². The maximum absolute atomic E-state index is 12.6. The fraction of sp³-hybridized carbons (Fsp3) is 0.281. The lowest BCUT2D eigenvalue weighted by molar-refractivity contribution is 0.0177. The summed E-state index contributed by atoms with van der Waals surface area (Å²) in [4.78, 5) is 42.8. The number of aromatic nitrogens is 1. The summed E-state index contributed by atoms with van der Waals surface area (Å²) in [6.45, 7) is 7.03. The molecule has 0 atom stereocenters. The van der Waals surface area contributed by atoms with E-state index in [1.54, 1.807) is 30.3 Å². The van der Waals surface area contributed by atoms with Crippen LogP contribution < -0.4 is 5.48 Å². The van der Waals surface area contributed by atoms with E-state index >= 15 is 0 Å². The summed E-state index contributed by atoms with van der Waals surface area (Å²) < 4.78 is 4.90. The van der Waals surface area contributed by atoms with Crippen molar-refractivity contribution in [3.05, 3.63) is 94.5 Å². The molecule has 1 amide bonds. The first kappa shape index (κ1) is 29.0. The molecule has 2 heterocycles. The molecular weight excluding hydrogens is 534 g/mol. The lowest BCUT2D eigenvalue weighted by atomic mass is 9.98. The third-order valence-corrected chi connectivity index (χ3v) is 7.45. The first-order valence-electron chi connectivity index (χ1n) is 13.8. The van der Waals surface area contributed by atoms with Crippen LogP contribution in [-0.2, 0) is 9.57 Å². The molecule has 4 aromatic rings. The van der Waals surface area contributed by atoms with E-state index < -0.39 is 5.97 Å². The number of hydroxylamine groups is 1. The van der Waals surface area contributed by atoms with Crippen LogP contribution in [0, 0.1) is 6.92 Å². The number of aromatic hydroxyl groups is 1. The number of methoxy groups -OCH3 is 1. The number of piperazine rings is 1. The largest absolute Gasteiger partial charge is 0.494 e. The standard InChI is InChI=1S/C32H35N5O5/c1-21-19-26-27(20-25(21)32(40)41-3)34-31(39)28(26)29(22-7-5-4-6-8-22)33-24-11-9-23(10-12-24)30(38)35-42-18-17-37-15-13-36(2)14-16-37/h4-12,19-20,34,39H,13-18H2,1-3H3,(H,35,38). The summed E-state index contributed by atoms with van der Waals surface area (Å²) in [6.07, 6.45) is 0. The van der Waals surface area contributed by atoms with Crippen LogP contribution in [-0.4, -0.2) is 91.0 Å².